The molecule has 1 spiro atoms. The Morgan fingerprint density at radius 1 is 0.829 bits per heavy atom. The number of rotatable bonds is 12. The monoisotopic (exact) mass is 580 g/mol. The van der Waals surface area contributed by atoms with E-state index in [4.69, 9.17) is 23.7 Å². The number of hydrogen-bond acceptors (Lipinski definition) is 9. The van der Waals surface area contributed by atoms with Gasteiger partial charge in [-0.1, -0.05) is 45.4 Å². The smallest absolute Gasteiger partial charge is 0.340 e. The van der Waals surface area contributed by atoms with Crippen molar-refractivity contribution in [2.75, 3.05) is 0 Å². The van der Waals surface area contributed by atoms with E-state index in [1.165, 1.54) is 25.5 Å². The highest BCUT2D eigenvalue weighted by Crippen LogP contribution is 2.51. The van der Waals surface area contributed by atoms with Crippen LogP contribution in [-0.4, -0.2) is 51.9 Å². The number of carbonyl (C=O) groups is 4. The van der Waals surface area contributed by atoms with Crippen LogP contribution >= 0.6 is 0 Å². The molecule has 0 aromatic rings. The molecule has 2 aliphatic heterocycles. The van der Waals surface area contributed by atoms with Crippen LogP contribution in [0, 0.1) is 5.92 Å². The van der Waals surface area contributed by atoms with Gasteiger partial charge in [-0.25, -0.2) is 4.79 Å². The second-order valence-electron chi connectivity index (χ2n) is 14.3. The summed E-state index contributed by atoms with van der Waals surface area (Å²) in [5.41, 5.74) is -4.51. The number of hydrogen-bond donors (Lipinski definition) is 0. The minimum absolute atomic E-state index is 0.306. The first kappa shape index (κ1) is 34.8. The van der Waals surface area contributed by atoms with E-state index in [0.29, 0.717) is 12.0 Å². The molecule has 0 amide bonds. The number of carbonyl (C=O) groups excluding carboxylic acids is 4. The van der Waals surface area contributed by atoms with Crippen LogP contribution in [0.3, 0.4) is 0 Å². The molecule has 0 bridgehead atoms. The molecule has 0 aromatic carbocycles. The molecule has 1 fully saturated rings. The quantitative estimate of drug-likeness (QED) is 0.145. The predicted molar refractivity (Wildman–Crippen MR) is 154 cm³/mol. The number of unbranched alkanes of at least 4 members (excludes halogenated alkanes) is 6. The second-order valence-corrected chi connectivity index (χ2v) is 14.3. The van der Waals surface area contributed by atoms with Gasteiger partial charge in [0.05, 0.1) is 12.7 Å². The molecule has 0 aliphatic carbocycles. The van der Waals surface area contributed by atoms with Crippen molar-refractivity contribution in [3.8, 4) is 0 Å². The van der Waals surface area contributed by atoms with E-state index in [1.807, 2.05) is 0 Å². The maximum atomic E-state index is 13.9. The summed E-state index contributed by atoms with van der Waals surface area (Å²) in [5, 5.41) is 0. The third-order valence-electron chi connectivity index (χ3n) is 6.72. The molecule has 2 heterocycles. The topological polar surface area (TPSA) is 114 Å². The lowest BCUT2D eigenvalue weighted by molar-refractivity contribution is -0.233. The molecule has 41 heavy (non-hydrogen) atoms. The SMILES string of the molecule is CCCCCCCCCC1=CO[C@@]2(C[C@@H](C(=O)OC(C)(C)C)[C@](CC(=O)OC(C)(C)C)(C(=O)OC(C)(C)C)O2)C1=O. The van der Waals surface area contributed by atoms with Gasteiger partial charge in [-0.15, -0.1) is 0 Å². The van der Waals surface area contributed by atoms with E-state index in [1.54, 1.807) is 62.3 Å². The predicted octanol–water partition coefficient (Wildman–Crippen LogP) is 6.50. The van der Waals surface area contributed by atoms with Gasteiger partial charge in [-0.2, -0.15) is 0 Å². The molecule has 0 radical (unpaired) electrons. The van der Waals surface area contributed by atoms with Gasteiger partial charge in [0.15, 0.2) is 5.60 Å². The van der Waals surface area contributed by atoms with Gasteiger partial charge in [-0.05, 0) is 75.2 Å². The van der Waals surface area contributed by atoms with Crippen LogP contribution in [0.15, 0.2) is 11.8 Å². The first-order valence-corrected chi connectivity index (χ1v) is 15.0. The van der Waals surface area contributed by atoms with Crippen LogP contribution in [0.4, 0.5) is 0 Å². The van der Waals surface area contributed by atoms with Crippen LogP contribution < -0.4 is 0 Å². The Bertz CT molecular complexity index is 992. The molecule has 2 rings (SSSR count). The zero-order chi connectivity index (χ0) is 31.3. The highest BCUT2D eigenvalue weighted by atomic mass is 16.7. The Kier molecular flexibility index (Phi) is 11.2. The van der Waals surface area contributed by atoms with Crippen molar-refractivity contribution in [3.63, 3.8) is 0 Å². The van der Waals surface area contributed by atoms with Crippen molar-refractivity contribution in [1.29, 1.82) is 0 Å². The number of esters is 3. The van der Waals surface area contributed by atoms with Gasteiger partial charge < -0.3 is 23.7 Å². The minimum Gasteiger partial charge on any atom is -0.462 e. The van der Waals surface area contributed by atoms with Gasteiger partial charge in [0, 0.05) is 12.0 Å². The first-order valence-electron chi connectivity index (χ1n) is 15.0. The molecule has 9 nitrogen and oxygen atoms in total. The summed E-state index contributed by atoms with van der Waals surface area (Å²) in [7, 11) is 0. The number of Topliss-reactive ketones (excluding diaryl/α,β-unsaturated/α-hetero) is 1. The normalized spacial score (nSPS) is 24.7. The Hall–Kier alpha value is -2.42. The molecular weight excluding hydrogens is 528 g/mol. The van der Waals surface area contributed by atoms with Crippen LogP contribution in [0.2, 0.25) is 0 Å². The Labute approximate surface area is 246 Å². The van der Waals surface area contributed by atoms with E-state index in [9.17, 15) is 19.2 Å². The van der Waals surface area contributed by atoms with Gasteiger partial charge in [0.1, 0.15) is 22.7 Å². The van der Waals surface area contributed by atoms with Crippen molar-refractivity contribution < 1.29 is 42.9 Å². The fraction of sp³-hybridized carbons (Fsp3) is 0.812. The van der Waals surface area contributed by atoms with E-state index >= 15 is 0 Å². The van der Waals surface area contributed by atoms with Crippen molar-refractivity contribution in [2.24, 2.45) is 5.92 Å². The van der Waals surface area contributed by atoms with Gasteiger partial charge in [0.25, 0.3) is 5.79 Å². The third-order valence-corrected chi connectivity index (χ3v) is 6.72. The molecule has 9 heteroatoms. The summed E-state index contributed by atoms with van der Waals surface area (Å²) >= 11 is 0. The largest absolute Gasteiger partial charge is 0.462 e. The van der Waals surface area contributed by atoms with Crippen molar-refractivity contribution in [3.05, 3.63) is 11.8 Å². The number of ether oxygens (including phenoxy) is 5. The van der Waals surface area contributed by atoms with E-state index in [-0.39, 0.29) is 6.42 Å². The van der Waals surface area contributed by atoms with Crippen LogP contribution in [0.5, 0.6) is 0 Å². The van der Waals surface area contributed by atoms with Crippen molar-refractivity contribution in [2.45, 2.75) is 162 Å². The van der Waals surface area contributed by atoms with Crippen LogP contribution in [-0.2, 0) is 42.9 Å². The average molecular weight is 581 g/mol. The Morgan fingerprint density at radius 2 is 1.37 bits per heavy atom. The molecule has 3 atom stereocenters. The molecule has 234 valence electrons. The van der Waals surface area contributed by atoms with Gasteiger partial charge in [-0.3, -0.25) is 14.4 Å². The second kappa shape index (κ2) is 13.3. The maximum Gasteiger partial charge on any atom is 0.340 e. The molecule has 0 unspecified atom stereocenters. The van der Waals surface area contributed by atoms with Crippen LogP contribution in [0.1, 0.15) is 133 Å². The lowest BCUT2D eigenvalue weighted by atomic mass is 9.82. The van der Waals surface area contributed by atoms with Crippen molar-refractivity contribution in [1.82, 2.24) is 0 Å². The fourth-order valence-electron chi connectivity index (χ4n) is 5.03. The summed E-state index contributed by atoms with van der Waals surface area (Å²) in [5.74, 6) is -6.29. The highest BCUT2D eigenvalue weighted by Gasteiger charge is 2.70. The summed E-state index contributed by atoms with van der Waals surface area (Å²) in [6.45, 7) is 17.3. The first-order chi connectivity index (χ1) is 18.7. The van der Waals surface area contributed by atoms with Crippen LogP contribution in [0.25, 0.3) is 0 Å². The van der Waals surface area contributed by atoms with Gasteiger partial charge in [0.2, 0.25) is 5.78 Å². The van der Waals surface area contributed by atoms with E-state index in [0.717, 1.165) is 25.7 Å². The van der Waals surface area contributed by atoms with Gasteiger partial charge >= 0.3 is 17.9 Å². The number of ketones is 1. The summed E-state index contributed by atoms with van der Waals surface area (Å²) in [4.78, 5) is 54.4. The molecule has 0 N–H and O–H groups in total. The fourth-order valence-corrected chi connectivity index (χ4v) is 5.03. The highest BCUT2D eigenvalue weighted by molar-refractivity contribution is 6.04. The lowest BCUT2D eigenvalue weighted by Crippen LogP contribution is -2.54. The minimum atomic E-state index is -2.20. The lowest BCUT2D eigenvalue weighted by Gasteiger charge is -2.35. The standard InChI is InChI=1S/C32H52O9/c1-11-12-13-14-15-16-17-18-22-21-37-32(25(22)34)19-23(26(35)39-29(5,6)7)31(41-32,27(36)40-30(8,9)10)20-24(33)38-28(2,3)4/h21,23H,11-20H2,1-10H3/t23-,31+,32+/m0/s1. The molecule has 0 aromatic heterocycles. The molecule has 2 aliphatic rings. The summed E-state index contributed by atoms with van der Waals surface area (Å²) in [6.07, 6.45) is 8.51. The zero-order valence-electron chi connectivity index (χ0n) is 26.9. The van der Waals surface area contributed by atoms with E-state index < -0.39 is 64.2 Å². The Balaban J connectivity index is 2.40. The summed E-state index contributed by atoms with van der Waals surface area (Å²) < 4.78 is 29.0. The average Bonchev–Trinajstić information content (AvgIpc) is 3.27. The van der Waals surface area contributed by atoms with E-state index in [2.05, 4.69) is 6.92 Å². The third kappa shape index (κ3) is 9.83. The van der Waals surface area contributed by atoms with Crippen molar-refractivity contribution >= 4 is 23.7 Å². The zero-order valence-corrected chi connectivity index (χ0v) is 26.9. The molecular formula is C32H52O9. The molecule has 1 saturated heterocycles. The Morgan fingerprint density at radius 3 is 1.90 bits per heavy atom. The molecule has 0 saturated carbocycles. The maximum absolute atomic E-state index is 13.9. The summed E-state index contributed by atoms with van der Waals surface area (Å²) in [6, 6.07) is 0.